The van der Waals surface area contributed by atoms with E-state index in [-0.39, 0.29) is 11.3 Å². The van der Waals surface area contributed by atoms with Gasteiger partial charge in [-0.3, -0.25) is 9.78 Å². The molecule has 1 atom stereocenters. The Labute approximate surface area is 154 Å². The second-order valence-corrected chi connectivity index (χ2v) is 7.38. The fourth-order valence-electron chi connectivity index (χ4n) is 4.15. The van der Waals surface area contributed by atoms with E-state index in [2.05, 4.69) is 34.1 Å². The molecule has 1 aromatic carbocycles. The number of anilines is 1. The number of likely N-dealkylation sites (tertiary alicyclic amines) is 1. The van der Waals surface area contributed by atoms with Crippen LogP contribution in [0.5, 0.6) is 0 Å². The zero-order valence-electron chi connectivity index (χ0n) is 15.0. The van der Waals surface area contributed by atoms with Gasteiger partial charge in [-0.1, -0.05) is 18.2 Å². The highest BCUT2D eigenvalue weighted by Gasteiger charge is 2.40. The summed E-state index contributed by atoms with van der Waals surface area (Å²) in [5.74, 6) is 0.0766. The van der Waals surface area contributed by atoms with Gasteiger partial charge in [0.05, 0.1) is 18.8 Å². The fourth-order valence-corrected chi connectivity index (χ4v) is 4.15. The smallest absolute Gasteiger partial charge is 0.255 e. The largest absolute Gasteiger partial charge is 0.379 e. The van der Waals surface area contributed by atoms with Crippen molar-refractivity contribution in [1.29, 1.82) is 0 Å². The highest BCUT2D eigenvalue weighted by atomic mass is 16.5. The molecular formula is C21H25N3O2. The number of ether oxygens (including phenoxy) is 1. The summed E-state index contributed by atoms with van der Waals surface area (Å²) in [4.78, 5) is 21.4. The number of hydrogen-bond acceptors (Lipinski definition) is 4. The van der Waals surface area contributed by atoms with Crippen LogP contribution in [0.15, 0.2) is 54.9 Å². The third-order valence-corrected chi connectivity index (χ3v) is 5.42. The number of nitrogens with zero attached hydrogens (tertiary/aromatic N) is 3. The Balaban J connectivity index is 1.53. The number of amides is 1. The third kappa shape index (κ3) is 3.58. The maximum Gasteiger partial charge on any atom is 0.255 e. The van der Waals surface area contributed by atoms with E-state index in [1.165, 1.54) is 5.69 Å². The van der Waals surface area contributed by atoms with Gasteiger partial charge in [-0.25, -0.2) is 0 Å². The molecule has 2 saturated heterocycles. The Morgan fingerprint density at radius 2 is 1.96 bits per heavy atom. The molecule has 2 aliphatic rings. The molecule has 4 rings (SSSR count). The molecule has 2 fully saturated rings. The van der Waals surface area contributed by atoms with Crippen molar-refractivity contribution < 1.29 is 9.53 Å². The number of pyridine rings is 1. The average molecular weight is 351 g/mol. The maximum atomic E-state index is 12.9. The highest BCUT2D eigenvalue weighted by Crippen LogP contribution is 2.35. The summed E-state index contributed by atoms with van der Waals surface area (Å²) in [5.41, 5.74) is 1.88. The van der Waals surface area contributed by atoms with Crippen LogP contribution in [0.2, 0.25) is 0 Å². The van der Waals surface area contributed by atoms with Crippen LogP contribution in [-0.2, 0) is 4.74 Å². The number of rotatable bonds is 2. The lowest BCUT2D eigenvalue weighted by Gasteiger charge is -2.44. The Morgan fingerprint density at radius 1 is 1.08 bits per heavy atom. The van der Waals surface area contributed by atoms with E-state index in [4.69, 9.17) is 4.74 Å². The van der Waals surface area contributed by atoms with Crippen LogP contribution in [0, 0.1) is 5.41 Å². The zero-order chi connectivity index (χ0) is 17.8. The molecular weight excluding hydrogens is 326 g/mol. The van der Waals surface area contributed by atoms with Crippen molar-refractivity contribution >= 4 is 11.6 Å². The molecule has 0 saturated carbocycles. The second kappa shape index (κ2) is 7.46. The molecule has 1 amide bonds. The number of piperidine rings is 1. The third-order valence-electron chi connectivity index (χ3n) is 5.42. The first-order valence-electron chi connectivity index (χ1n) is 9.33. The van der Waals surface area contributed by atoms with Crippen LogP contribution in [0.25, 0.3) is 0 Å². The first-order chi connectivity index (χ1) is 12.8. The van der Waals surface area contributed by atoms with Crippen molar-refractivity contribution in [1.82, 2.24) is 9.88 Å². The minimum atomic E-state index is -0.0114. The SMILES string of the molecule is O=C(c1cccnc1)N1CCC[C@@]2(COCCN(c3ccccc3)C2)C1. The molecule has 26 heavy (non-hydrogen) atoms. The molecule has 0 unspecified atom stereocenters. The van der Waals surface area contributed by atoms with Gasteiger partial charge in [0, 0.05) is 49.7 Å². The molecule has 5 nitrogen and oxygen atoms in total. The first-order valence-corrected chi connectivity index (χ1v) is 9.33. The lowest BCUT2D eigenvalue weighted by molar-refractivity contribution is 0.0135. The highest BCUT2D eigenvalue weighted by molar-refractivity contribution is 5.94. The Bertz CT molecular complexity index is 737. The number of carbonyl (C=O) groups excluding carboxylic acids is 1. The predicted octanol–water partition coefficient (Wildman–Crippen LogP) is 2.84. The maximum absolute atomic E-state index is 12.9. The van der Waals surface area contributed by atoms with Crippen molar-refractivity contribution in [3.05, 3.63) is 60.4 Å². The van der Waals surface area contributed by atoms with Crippen LogP contribution in [0.4, 0.5) is 5.69 Å². The van der Waals surface area contributed by atoms with Gasteiger partial charge in [-0.15, -0.1) is 0 Å². The molecule has 136 valence electrons. The topological polar surface area (TPSA) is 45.7 Å². The Morgan fingerprint density at radius 3 is 2.77 bits per heavy atom. The van der Waals surface area contributed by atoms with Crippen molar-refractivity contribution in [3.8, 4) is 0 Å². The van der Waals surface area contributed by atoms with Crippen molar-refractivity contribution in [2.24, 2.45) is 5.41 Å². The molecule has 0 bridgehead atoms. The van der Waals surface area contributed by atoms with E-state index in [9.17, 15) is 4.79 Å². The minimum Gasteiger partial charge on any atom is -0.379 e. The average Bonchev–Trinajstić information content (AvgIpc) is 2.91. The molecule has 0 radical (unpaired) electrons. The molecule has 2 aliphatic heterocycles. The van der Waals surface area contributed by atoms with Crippen molar-refractivity contribution in [3.63, 3.8) is 0 Å². The lowest BCUT2D eigenvalue weighted by Crippen LogP contribution is -2.52. The quantitative estimate of drug-likeness (QED) is 0.835. The van der Waals surface area contributed by atoms with Crippen molar-refractivity contribution in [2.45, 2.75) is 12.8 Å². The van der Waals surface area contributed by atoms with Gasteiger partial charge in [0.2, 0.25) is 0 Å². The van der Waals surface area contributed by atoms with Gasteiger partial charge >= 0.3 is 0 Å². The molecule has 0 aliphatic carbocycles. The molecule has 1 spiro atoms. The summed E-state index contributed by atoms with van der Waals surface area (Å²) in [6.45, 7) is 4.81. The molecule has 0 N–H and O–H groups in total. The standard InChI is InChI=1S/C21H25N3O2/c25-20(18-6-4-10-22-14-18)24-11-5-9-21(16-24)15-23(12-13-26-17-21)19-7-2-1-3-8-19/h1-4,6-8,10,14H,5,9,11-13,15-17H2/t21-/m0/s1. The van der Waals surface area contributed by atoms with Crippen LogP contribution >= 0.6 is 0 Å². The number of carbonyl (C=O) groups is 1. The molecule has 1 aromatic heterocycles. The fraction of sp³-hybridized carbons (Fsp3) is 0.429. The van der Waals surface area contributed by atoms with Gasteiger partial charge in [-0.2, -0.15) is 0 Å². The van der Waals surface area contributed by atoms with Crippen LogP contribution < -0.4 is 4.90 Å². The van der Waals surface area contributed by atoms with Crippen LogP contribution in [-0.4, -0.2) is 55.2 Å². The van der Waals surface area contributed by atoms with Crippen molar-refractivity contribution in [2.75, 3.05) is 44.3 Å². The lowest BCUT2D eigenvalue weighted by atomic mass is 9.79. The summed E-state index contributed by atoms with van der Waals surface area (Å²) >= 11 is 0. The summed E-state index contributed by atoms with van der Waals surface area (Å²) in [6, 6.07) is 14.2. The molecule has 2 aromatic rings. The van der Waals surface area contributed by atoms with Gasteiger partial charge < -0.3 is 14.5 Å². The van der Waals surface area contributed by atoms with E-state index >= 15 is 0 Å². The van der Waals surface area contributed by atoms with Gasteiger partial charge in [0.25, 0.3) is 5.91 Å². The number of aromatic nitrogens is 1. The molecule has 3 heterocycles. The monoisotopic (exact) mass is 351 g/mol. The van der Waals surface area contributed by atoms with E-state index < -0.39 is 0 Å². The van der Waals surface area contributed by atoms with Gasteiger partial charge in [0.1, 0.15) is 0 Å². The summed E-state index contributed by atoms with van der Waals surface area (Å²) < 4.78 is 5.98. The molecule has 5 heteroatoms. The summed E-state index contributed by atoms with van der Waals surface area (Å²) in [5, 5.41) is 0. The van der Waals surface area contributed by atoms with E-state index in [1.807, 2.05) is 23.1 Å². The number of hydrogen-bond donors (Lipinski definition) is 0. The van der Waals surface area contributed by atoms with E-state index in [0.717, 1.165) is 45.6 Å². The van der Waals surface area contributed by atoms with Crippen LogP contribution in [0.3, 0.4) is 0 Å². The normalized spacial score (nSPS) is 23.7. The second-order valence-electron chi connectivity index (χ2n) is 7.38. The van der Waals surface area contributed by atoms with Gasteiger partial charge in [0.15, 0.2) is 0 Å². The Kier molecular flexibility index (Phi) is 4.89. The first kappa shape index (κ1) is 17.0. The van der Waals surface area contributed by atoms with E-state index in [0.29, 0.717) is 12.2 Å². The zero-order valence-corrected chi connectivity index (χ0v) is 15.0. The summed E-state index contributed by atoms with van der Waals surface area (Å²) in [7, 11) is 0. The van der Waals surface area contributed by atoms with E-state index in [1.54, 1.807) is 12.4 Å². The van der Waals surface area contributed by atoms with Crippen LogP contribution in [0.1, 0.15) is 23.2 Å². The predicted molar refractivity (Wildman–Crippen MR) is 101 cm³/mol. The summed E-state index contributed by atoms with van der Waals surface area (Å²) in [6.07, 6.45) is 5.46. The van der Waals surface area contributed by atoms with Gasteiger partial charge in [-0.05, 0) is 37.1 Å². The minimum absolute atomic E-state index is 0.0114. The number of para-hydroxylation sites is 1. The number of benzene rings is 1. The Hall–Kier alpha value is -2.40.